The molecule has 0 saturated carbocycles. The smallest absolute Gasteiger partial charge is 0.338 e. The lowest BCUT2D eigenvalue weighted by Gasteiger charge is -2.18. The standard InChI is InChI=1S/C28H32O6/c1-18(2)26(29)32-16-22(17-33-27(30)19(3)4)15-21-7-9-23(10-8-21)24-11-13-25(14-12-24)34-28(31)20(5)6/h7-14,19,22H,1,5,15-17H2,2-4,6H3. The zero-order valence-corrected chi connectivity index (χ0v) is 20.3. The van der Waals surface area contributed by atoms with Gasteiger partial charge in [0.25, 0.3) is 0 Å². The highest BCUT2D eigenvalue weighted by molar-refractivity contribution is 5.89. The number of carbonyl (C=O) groups excluding carboxylic acids is 3. The van der Waals surface area contributed by atoms with E-state index >= 15 is 0 Å². The minimum Gasteiger partial charge on any atom is -0.465 e. The first-order valence-electron chi connectivity index (χ1n) is 11.1. The fourth-order valence-corrected chi connectivity index (χ4v) is 2.93. The van der Waals surface area contributed by atoms with Crippen LogP contribution in [0.2, 0.25) is 0 Å². The van der Waals surface area contributed by atoms with Gasteiger partial charge in [-0.2, -0.15) is 0 Å². The number of esters is 3. The summed E-state index contributed by atoms with van der Waals surface area (Å²) < 4.78 is 15.9. The summed E-state index contributed by atoms with van der Waals surface area (Å²) in [6.45, 7) is 14.2. The summed E-state index contributed by atoms with van der Waals surface area (Å²) in [5, 5.41) is 0. The predicted octanol–water partition coefficient (Wildman–Crippen LogP) is 5.31. The molecule has 1 atom stereocenters. The third-order valence-electron chi connectivity index (χ3n) is 4.96. The number of ether oxygens (including phenoxy) is 3. The SMILES string of the molecule is C=C(C)C(=O)OCC(COC(=O)C(C)C)Cc1ccc(-c2ccc(OC(=O)C(=C)C)cc2)cc1. The van der Waals surface area contributed by atoms with Crippen LogP contribution in [0.5, 0.6) is 5.75 Å². The van der Waals surface area contributed by atoms with Crippen molar-refractivity contribution in [1.29, 1.82) is 0 Å². The second-order valence-corrected chi connectivity index (χ2v) is 8.62. The van der Waals surface area contributed by atoms with E-state index in [1.54, 1.807) is 39.8 Å². The summed E-state index contributed by atoms with van der Waals surface area (Å²) in [5.41, 5.74) is 3.65. The van der Waals surface area contributed by atoms with Gasteiger partial charge < -0.3 is 14.2 Å². The van der Waals surface area contributed by atoms with Gasteiger partial charge in [-0.25, -0.2) is 9.59 Å². The fraction of sp³-hybridized carbons (Fsp3) is 0.321. The van der Waals surface area contributed by atoms with Gasteiger partial charge in [-0.15, -0.1) is 0 Å². The molecule has 0 aliphatic rings. The van der Waals surface area contributed by atoms with Gasteiger partial charge >= 0.3 is 17.9 Å². The van der Waals surface area contributed by atoms with Gasteiger partial charge in [-0.3, -0.25) is 4.79 Å². The summed E-state index contributed by atoms with van der Waals surface area (Å²) >= 11 is 0. The number of benzene rings is 2. The first-order chi connectivity index (χ1) is 16.1. The van der Waals surface area contributed by atoms with E-state index in [0.29, 0.717) is 23.3 Å². The maximum atomic E-state index is 11.9. The minimum atomic E-state index is -0.465. The zero-order valence-electron chi connectivity index (χ0n) is 20.3. The molecule has 0 aromatic heterocycles. The quantitative estimate of drug-likeness (QED) is 0.255. The Kier molecular flexibility index (Phi) is 9.80. The molecule has 6 nitrogen and oxygen atoms in total. The molecular weight excluding hydrogens is 432 g/mol. The normalized spacial score (nSPS) is 11.4. The van der Waals surface area contributed by atoms with Crippen LogP contribution in [0.4, 0.5) is 0 Å². The monoisotopic (exact) mass is 464 g/mol. The van der Waals surface area contributed by atoms with Gasteiger partial charge in [0.2, 0.25) is 0 Å². The first-order valence-corrected chi connectivity index (χ1v) is 11.1. The van der Waals surface area contributed by atoms with Crippen LogP contribution in [0.15, 0.2) is 72.8 Å². The Morgan fingerprint density at radius 3 is 1.76 bits per heavy atom. The summed E-state index contributed by atoms with van der Waals surface area (Å²) in [4.78, 5) is 35.3. The van der Waals surface area contributed by atoms with Crippen molar-refractivity contribution in [2.75, 3.05) is 13.2 Å². The highest BCUT2D eigenvalue weighted by Crippen LogP contribution is 2.24. The van der Waals surface area contributed by atoms with Crippen molar-refractivity contribution in [2.45, 2.75) is 34.1 Å². The molecule has 0 aliphatic heterocycles. The van der Waals surface area contributed by atoms with E-state index in [9.17, 15) is 14.4 Å². The van der Waals surface area contributed by atoms with Crippen molar-refractivity contribution in [3.63, 3.8) is 0 Å². The summed E-state index contributed by atoms with van der Waals surface area (Å²) in [7, 11) is 0. The molecule has 6 heteroatoms. The molecule has 0 heterocycles. The van der Waals surface area contributed by atoms with E-state index in [0.717, 1.165) is 16.7 Å². The van der Waals surface area contributed by atoms with Gasteiger partial charge in [0.05, 0.1) is 19.1 Å². The number of hydrogen-bond donors (Lipinski definition) is 0. The molecule has 180 valence electrons. The largest absolute Gasteiger partial charge is 0.465 e. The molecule has 0 spiro atoms. The number of carbonyl (C=O) groups is 3. The average Bonchev–Trinajstić information content (AvgIpc) is 2.81. The number of hydrogen-bond acceptors (Lipinski definition) is 6. The molecule has 0 fully saturated rings. The second-order valence-electron chi connectivity index (χ2n) is 8.62. The molecule has 0 bridgehead atoms. The Hall–Kier alpha value is -3.67. The molecular formula is C28H32O6. The Labute approximate surface area is 201 Å². The topological polar surface area (TPSA) is 78.9 Å². The lowest BCUT2D eigenvalue weighted by atomic mass is 9.97. The average molecular weight is 465 g/mol. The van der Waals surface area contributed by atoms with Gasteiger partial charge in [0.15, 0.2) is 0 Å². The summed E-state index contributed by atoms with van der Waals surface area (Å²) in [6, 6.07) is 15.2. The van der Waals surface area contributed by atoms with Crippen LogP contribution in [0.1, 0.15) is 33.3 Å². The van der Waals surface area contributed by atoms with E-state index < -0.39 is 11.9 Å². The van der Waals surface area contributed by atoms with Crippen molar-refractivity contribution >= 4 is 17.9 Å². The lowest BCUT2D eigenvalue weighted by Crippen LogP contribution is -2.24. The maximum absolute atomic E-state index is 11.9. The Morgan fingerprint density at radius 1 is 0.765 bits per heavy atom. The highest BCUT2D eigenvalue weighted by Gasteiger charge is 2.18. The van der Waals surface area contributed by atoms with Crippen LogP contribution < -0.4 is 4.74 Å². The summed E-state index contributed by atoms with van der Waals surface area (Å²) in [6.07, 6.45) is 0.574. The van der Waals surface area contributed by atoms with Crippen LogP contribution in [0.25, 0.3) is 11.1 Å². The molecule has 0 radical (unpaired) electrons. The van der Waals surface area contributed by atoms with Crippen molar-refractivity contribution in [2.24, 2.45) is 11.8 Å². The molecule has 0 amide bonds. The van der Waals surface area contributed by atoms with E-state index in [2.05, 4.69) is 13.2 Å². The Morgan fingerprint density at radius 2 is 1.26 bits per heavy atom. The Bertz CT molecular complexity index is 1030. The van der Waals surface area contributed by atoms with E-state index in [1.165, 1.54) is 0 Å². The van der Waals surface area contributed by atoms with Crippen LogP contribution in [-0.2, 0) is 30.3 Å². The minimum absolute atomic E-state index is 0.128. The zero-order chi connectivity index (χ0) is 25.3. The van der Waals surface area contributed by atoms with Gasteiger partial charge in [-0.05, 0) is 49.1 Å². The number of rotatable bonds is 11. The molecule has 2 aromatic carbocycles. The Balaban J connectivity index is 2.05. The van der Waals surface area contributed by atoms with Crippen molar-refractivity contribution in [3.8, 4) is 16.9 Å². The molecule has 0 N–H and O–H groups in total. The van der Waals surface area contributed by atoms with Crippen LogP contribution in [0.3, 0.4) is 0 Å². The maximum Gasteiger partial charge on any atom is 0.338 e. The van der Waals surface area contributed by atoms with Crippen LogP contribution in [-0.4, -0.2) is 31.1 Å². The third-order valence-corrected chi connectivity index (χ3v) is 4.96. The van der Waals surface area contributed by atoms with E-state index in [-0.39, 0.29) is 31.0 Å². The van der Waals surface area contributed by atoms with Gasteiger partial charge in [0.1, 0.15) is 5.75 Å². The highest BCUT2D eigenvalue weighted by atomic mass is 16.5. The summed E-state index contributed by atoms with van der Waals surface area (Å²) in [5.74, 6) is -1.17. The fourth-order valence-electron chi connectivity index (χ4n) is 2.93. The van der Waals surface area contributed by atoms with E-state index in [1.807, 2.05) is 36.4 Å². The predicted molar refractivity (Wildman–Crippen MR) is 131 cm³/mol. The third kappa shape index (κ3) is 8.35. The molecule has 2 aromatic rings. The molecule has 1 unspecified atom stereocenters. The van der Waals surface area contributed by atoms with Gasteiger partial charge in [-0.1, -0.05) is 63.4 Å². The van der Waals surface area contributed by atoms with Crippen molar-refractivity contribution in [1.82, 2.24) is 0 Å². The first kappa shape index (κ1) is 26.6. The van der Waals surface area contributed by atoms with E-state index in [4.69, 9.17) is 14.2 Å². The van der Waals surface area contributed by atoms with Crippen molar-refractivity contribution < 1.29 is 28.6 Å². The second kappa shape index (κ2) is 12.5. The lowest BCUT2D eigenvalue weighted by molar-refractivity contribution is -0.150. The molecule has 0 aliphatic carbocycles. The molecule has 34 heavy (non-hydrogen) atoms. The van der Waals surface area contributed by atoms with Crippen molar-refractivity contribution in [3.05, 3.63) is 78.4 Å². The van der Waals surface area contributed by atoms with Crippen LogP contribution in [0, 0.1) is 11.8 Å². The molecule has 2 rings (SSSR count). The van der Waals surface area contributed by atoms with Gasteiger partial charge in [0, 0.05) is 17.1 Å². The van der Waals surface area contributed by atoms with Crippen LogP contribution >= 0.6 is 0 Å². The molecule has 0 saturated heterocycles.